The molecule has 1 atom stereocenters. The van der Waals surface area contributed by atoms with E-state index in [1.807, 2.05) is 30.3 Å². The number of anilines is 1. The first-order valence-electron chi connectivity index (χ1n) is 6.37. The first-order valence-corrected chi connectivity index (χ1v) is 7.63. The summed E-state index contributed by atoms with van der Waals surface area (Å²) in [7, 11) is 0. The summed E-state index contributed by atoms with van der Waals surface area (Å²) in [5.41, 5.74) is 2.03. The Morgan fingerprint density at radius 3 is 2.81 bits per heavy atom. The normalized spacial score (nSPS) is 17.0. The Morgan fingerprint density at radius 2 is 2.05 bits per heavy atom. The van der Waals surface area contributed by atoms with Crippen molar-refractivity contribution in [3.8, 4) is 0 Å². The van der Waals surface area contributed by atoms with Crippen LogP contribution in [0.4, 0.5) is 5.95 Å². The molecule has 1 N–H and O–H groups in total. The van der Waals surface area contributed by atoms with E-state index in [-0.39, 0.29) is 6.04 Å². The minimum absolute atomic E-state index is 0.00179. The molecule has 4 rings (SSSR count). The van der Waals surface area contributed by atoms with Crippen molar-refractivity contribution in [2.75, 3.05) is 5.32 Å². The lowest BCUT2D eigenvalue weighted by Crippen LogP contribution is -2.19. The van der Waals surface area contributed by atoms with Crippen LogP contribution >= 0.6 is 22.9 Å². The SMILES string of the molecule is Clc1ccc(C2=C[C@H](c3cccs3)n3nnnc3N2)cc1. The summed E-state index contributed by atoms with van der Waals surface area (Å²) >= 11 is 7.64. The number of nitrogens with one attached hydrogen (secondary N) is 1. The Kier molecular flexibility index (Phi) is 2.98. The zero-order chi connectivity index (χ0) is 14.2. The van der Waals surface area contributed by atoms with E-state index in [0.717, 1.165) is 16.3 Å². The number of allylic oxidation sites excluding steroid dienone is 1. The molecule has 0 spiro atoms. The van der Waals surface area contributed by atoms with Crippen molar-refractivity contribution in [2.45, 2.75) is 6.04 Å². The molecule has 1 aromatic carbocycles. The number of benzene rings is 1. The summed E-state index contributed by atoms with van der Waals surface area (Å²) in [6.45, 7) is 0. The van der Waals surface area contributed by atoms with Gasteiger partial charge in [-0.2, -0.15) is 4.68 Å². The van der Waals surface area contributed by atoms with Crippen molar-refractivity contribution >= 4 is 34.6 Å². The third kappa shape index (κ3) is 2.22. The molecule has 0 saturated heterocycles. The van der Waals surface area contributed by atoms with Crippen LogP contribution in [0.1, 0.15) is 16.5 Å². The molecule has 21 heavy (non-hydrogen) atoms. The molecule has 2 aromatic heterocycles. The van der Waals surface area contributed by atoms with Gasteiger partial charge in [0.15, 0.2) is 0 Å². The number of hydrogen-bond donors (Lipinski definition) is 1. The minimum atomic E-state index is 0.00179. The Hall–Kier alpha value is -2.18. The Morgan fingerprint density at radius 1 is 1.19 bits per heavy atom. The molecule has 0 aliphatic carbocycles. The van der Waals surface area contributed by atoms with Crippen LogP contribution in [0.15, 0.2) is 47.9 Å². The maximum atomic E-state index is 5.95. The molecule has 7 heteroatoms. The average molecular weight is 316 g/mol. The smallest absolute Gasteiger partial charge is 0.248 e. The average Bonchev–Trinajstić information content (AvgIpc) is 3.18. The van der Waals surface area contributed by atoms with Gasteiger partial charge >= 0.3 is 0 Å². The van der Waals surface area contributed by atoms with Gasteiger partial charge < -0.3 is 5.32 Å². The maximum Gasteiger partial charge on any atom is 0.248 e. The third-order valence-electron chi connectivity index (χ3n) is 3.32. The molecule has 5 nitrogen and oxygen atoms in total. The second kappa shape index (κ2) is 4.98. The van der Waals surface area contributed by atoms with Gasteiger partial charge in [-0.15, -0.1) is 11.3 Å². The summed E-state index contributed by atoms with van der Waals surface area (Å²) in [5, 5.41) is 17.9. The molecule has 1 aliphatic rings. The molecule has 0 fully saturated rings. The summed E-state index contributed by atoms with van der Waals surface area (Å²) in [6, 6.07) is 11.8. The van der Waals surface area contributed by atoms with Gasteiger partial charge in [-0.25, -0.2) is 0 Å². The zero-order valence-electron chi connectivity index (χ0n) is 10.8. The highest BCUT2D eigenvalue weighted by Crippen LogP contribution is 2.33. The van der Waals surface area contributed by atoms with Gasteiger partial charge in [0.1, 0.15) is 6.04 Å². The van der Waals surface area contributed by atoms with Gasteiger partial charge in [0.05, 0.1) is 0 Å². The molecule has 0 radical (unpaired) electrons. The highest BCUT2D eigenvalue weighted by Gasteiger charge is 2.24. The van der Waals surface area contributed by atoms with Crippen molar-refractivity contribution < 1.29 is 0 Å². The van der Waals surface area contributed by atoms with Crippen molar-refractivity contribution in [3.63, 3.8) is 0 Å². The molecule has 0 unspecified atom stereocenters. The predicted octanol–water partition coefficient (Wildman–Crippen LogP) is 3.44. The highest BCUT2D eigenvalue weighted by atomic mass is 35.5. The minimum Gasteiger partial charge on any atom is -0.323 e. The van der Waals surface area contributed by atoms with Gasteiger partial charge in [-0.05, 0) is 45.6 Å². The van der Waals surface area contributed by atoms with E-state index < -0.39 is 0 Å². The Labute approximate surface area is 129 Å². The summed E-state index contributed by atoms with van der Waals surface area (Å²) in [6.07, 6.45) is 2.12. The topological polar surface area (TPSA) is 55.6 Å². The molecule has 0 bridgehead atoms. The fourth-order valence-electron chi connectivity index (χ4n) is 2.31. The van der Waals surface area contributed by atoms with E-state index in [4.69, 9.17) is 11.6 Å². The van der Waals surface area contributed by atoms with Crippen LogP contribution in [0.5, 0.6) is 0 Å². The van der Waals surface area contributed by atoms with E-state index in [1.54, 1.807) is 16.0 Å². The Bertz CT molecular complexity index is 791. The van der Waals surface area contributed by atoms with Crippen LogP contribution in [-0.4, -0.2) is 20.2 Å². The van der Waals surface area contributed by atoms with E-state index in [1.165, 1.54) is 4.88 Å². The second-order valence-corrected chi connectivity index (χ2v) is 6.04. The number of tetrazole rings is 1. The van der Waals surface area contributed by atoms with Crippen molar-refractivity contribution in [1.29, 1.82) is 0 Å². The quantitative estimate of drug-likeness (QED) is 0.787. The van der Waals surface area contributed by atoms with Gasteiger partial charge in [0.25, 0.3) is 0 Å². The Balaban J connectivity index is 1.80. The number of hydrogen-bond acceptors (Lipinski definition) is 5. The van der Waals surface area contributed by atoms with E-state index in [9.17, 15) is 0 Å². The number of thiophene rings is 1. The monoisotopic (exact) mass is 315 g/mol. The number of rotatable bonds is 2. The van der Waals surface area contributed by atoms with E-state index in [2.05, 4.69) is 38.4 Å². The molecule has 0 amide bonds. The number of nitrogens with zero attached hydrogens (tertiary/aromatic N) is 4. The molecular weight excluding hydrogens is 306 g/mol. The van der Waals surface area contributed by atoms with Crippen LogP contribution in [0.2, 0.25) is 5.02 Å². The number of halogens is 1. The van der Waals surface area contributed by atoms with Crippen molar-refractivity contribution in [3.05, 3.63) is 63.3 Å². The van der Waals surface area contributed by atoms with Crippen LogP contribution in [0.25, 0.3) is 5.70 Å². The maximum absolute atomic E-state index is 5.95. The lowest BCUT2D eigenvalue weighted by molar-refractivity contribution is 0.593. The van der Waals surface area contributed by atoms with Gasteiger partial charge in [-0.3, -0.25) is 0 Å². The van der Waals surface area contributed by atoms with E-state index >= 15 is 0 Å². The summed E-state index contributed by atoms with van der Waals surface area (Å²) < 4.78 is 1.78. The molecular formula is C14H10ClN5S. The third-order valence-corrected chi connectivity index (χ3v) is 4.51. The largest absolute Gasteiger partial charge is 0.323 e. The molecule has 3 aromatic rings. The van der Waals surface area contributed by atoms with Crippen LogP contribution < -0.4 is 5.32 Å². The number of aromatic nitrogens is 4. The van der Waals surface area contributed by atoms with E-state index in [0.29, 0.717) is 5.95 Å². The fraction of sp³-hybridized carbons (Fsp3) is 0.0714. The van der Waals surface area contributed by atoms with Crippen molar-refractivity contribution in [2.24, 2.45) is 0 Å². The lowest BCUT2D eigenvalue weighted by atomic mass is 10.1. The van der Waals surface area contributed by atoms with Crippen LogP contribution in [0.3, 0.4) is 0 Å². The molecule has 1 aliphatic heterocycles. The molecule has 0 saturated carbocycles. The fourth-order valence-corrected chi connectivity index (χ4v) is 3.22. The molecule has 3 heterocycles. The van der Waals surface area contributed by atoms with Gasteiger partial charge in [-0.1, -0.05) is 34.9 Å². The highest BCUT2D eigenvalue weighted by molar-refractivity contribution is 7.10. The first-order chi connectivity index (χ1) is 10.3. The lowest BCUT2D eigenvalue weighted by Gasteiger charge is -2.22. The summed E-state index contributed by atoms with van der Waals surface area (Å²) in [5.74, 6) is 0.640. The van der Waals surface area contributed by atoms with Gasteiger partial charge in [0.2, 0.25) is 5.95 Å². The first kappa shape index (κ1) is 12.6. The van der Waals surface area contributed by atoms with Gasteiger partial charge in [0, 0.05) is 15.6 Å². The molecule has 104 valence electrons. The predicted molar refractivity (Wildman–Crippen MR) is 83.3 cm³/mol. The number of fused-ring (bicyclic) bond motifs is 1. The standard InChI is InChI=1S/C14H10ClN5S/c15-10-5-3-9(4-6-10)11-8-12(13-2-1-7-21-13)20-14(16-11)17-18-19-20/h1-8,12H,(H,16,17,19)/t12-/m1/s1. The van der Waals surface area contributed by atoms with Crippen molar-refractivity contribution in [1.82, 2.24) is 20.2 Å². The summed E-state index contributed by atoms with van der Waals surface area (Å²) in [4.78, 5) is 1.19. The zero-order valence-corrected chi connectivity index (χ0v) is 12.3. The van der Waals surface area contributed by atoms with Crippen LogP contribution in [-0.2, 0) is 0 Å². The second-order valence-electron chi connectivity index (χ2n) is 4.62. The van der Waals surface area contributed by atoms with Crippen LogP contribution in [0, 0.1) is 0 Å².